The van der Waals surface area contributed by atoms with Gasteiger partial charge in [-0.25, -0.2) is 9.35 Å². The Bertz CT molecular complexity index is 976. The fourth-order valence-electron chi connectivity index (χ4n) is 2.52. The number of hydrogen-bond acceptors (Lipinski definition) is 5. The van der Waals surface area contributed by atoms with E-state index < -0.39 is 23.1 Å². The quantitative estimate of drug-likeness (QED) is 0.299. The van der Waals surface area contributed by atoms with Crippen LogP contribution in [0.5, 0.6) is 0 Å². The summed E-state index contributed by atoms with van der Waals surface area (Å²) in [6.07, 6.45) is 5.65. The van der Waals surface area contributed by atoms with Crippen LogP contribution in [0.25, 0.3) is 5.70 Å². The molecule has 1 aliphatic carbocycles. The first kappa shape index (κ1) is 30.7. The predicted molar refractivity (Wildman–Crippen MR) is 128 cm³/mol. The Labute approximate surface area is 199 Å². The summed E-state index contributed by atoms with van der Waals surface area (Å²) in [6.45, 7) is 4.58. The van der Waals surface area contributed by atoms with Gasteiger partial charge in [0, 0.05) is 30.3 Å². The number of carboxylic acid groups (broad SMARTS) is 1. The Morgan fingerprint density at radius 3 is 2.15 bits per heavy atom. The molecule has 0 aromatic heterocycles. The zero-order valence-corrected chi connectivity index (χ0v) is 19.6. The highest BCUT2D eigenvalue weighted by Gasteiger charge is 2.15. The molecule has 0 saturated carbocycles. The Hall–Kier alpha value is -3.31. The van der Waals surface area contributed by atoms with Gasteiger partial charge in [-0.15, -0.1) is 0 Å². The molecule has 1 atom stereocenters. The summed E-state index contributed by atoms with van der Waals surface area (Å²) < 4.78 is 42.4. The first-order valence-electron chi connectivity index (χ1n) is 9.86. The summed E-state index contributed by atoms with van der Waals surface area (Å²) in [4.78, 5) is 23.1. The predicted octanol–water partition coefficient (Wildman–Crippen LogP) is 4.87. The van der Waals surface area contributed by atoms with Gasteiger partial charge in [-0.1, -0.05) is 42.5 Å². The summed E-state index contributed by atoms with van der Waals surface area (Å²) in [6, 6.07) is 7.02. The van der Waals surface area contributed by atoms with Crippen LogP contribution in [0.3, 0.4) is 0 Å². The number of rotatable bonds is 8. The molecule has 1 aromatic rings. The first-order chi connectivity index (χ1) is 15.9. The van der Waals surface area contributed by atoms with Crippen LogP contribution in [0.2, 0.25) is 0 Å². The van der Waals surface area contributed by atoms with Crippen molar-refractivity contribution in [3.05, 3.63) is 76.4 Å². The number of ketones is 1. The highest BCUT2D eigenvalue weighted by atomic mass is 32.2. The topological polar surface area (TPSA) is 133 Å². The van der Waals surface area contributed by atoms with Gasteiger partial charge in [-0.3, -0.25) is 9.59 Å². The molecule has 7 nitrogen and oxygen atoms in total. The van der Waals surface area contributed by atoms with Gasteiger partial charge >= 0.3 is 12.1 Å². The van der Waals surface area contributed by atoms with E-state index >= 15 is 0 Å². The first-order valence-corrected chi connectivity index (χ1v) is 11.1. The maximum atomic E-state index is 12.0. The number of aliphatic carboxylic acids is 1. The average Bonchev–Trinajstić information content (AvgIpc) is 3.02. The molecule has 5 N–H and O–H groups in total. The molecule has 0 heterocycles. The molecule has 34 heavy (non-hydrogen) atoms. The van der Waals surface area contributed by atoms with Crippen molar-refractivity contribution in [2.45, 2.75) is 39.3 Å². The Kier molecular flexibility index (Phi) is 14.0. The number of nitrogens with two attached hydrogens (primary N) is 1. The second-order valence-corrected chi connectivity index (χ2v) is 7.70. The van der Waals surface area contributed by atoms with Crippen LogP contribution < -0.4 is 10.5 Å². The van der Waals surface area contributed by atoms with Crippen LogP contribution in [-0.2, 0) is 15.8 Å². The van der Waals surface area contributed by atoms with E-state index in [2.05, 4.69) is 12.0 Å². The molecule has 0 spiro atoms. The number of carboxylic acids is 1. The van der Waals surface area contributed by atoms with E-state index in [0.29, 0.717) is 16.9 Å². The van der Waals surface area contributed by atoms with Crippen molar-refractivity contribution in [1.29, 1.82) is 5.41 Å². The third kappa shape index (κ3) is 13.3. The lowest BCUT2D eigenvalue weighted by Gasteiger charge is -2.12. The van der Waals surface area contributed by atoms with Crippen LogP contribution in [0.1, 0.15) is 49.0 Å². The highest BCUT2D eigenvalue weighted by molar-refractivity contribution is 7.86. The lowest BCUT2D eigenvalue weighted by Crippen LogP contribution is -2.11. The van der Waals surface area contributed by atoms with Crippen LogP contribution in [0, 0.1) is 5.41 Å². The minimum absolute atomic E-state index is 0.0149. The molecule has 0 saturated heterocycles. The molecule has 0 bridgehead atoms. The number of alkyl halides is 3. The van der Waals surface area contributed by atoms with Crippen molar-refractivity contribution in [2.75, 3.05) is 0 Å². The van der Waals surface area contributed by atoms with Crippen molar-refractivity contribution in [3.63, 3.8) is 0 Å². The number of hydrogen-bond donors (Lipinski definition) is 4. The number of Topliss-reactive ketones (excluding diaryl/α,β-unsaturated/α-hetero) is 1. The van der Waals surface area contributed by atoms with Gasteiger partial charge in [0.25, 0.3) is 0 Å². The Morgan fingerprint density at radius 2 is 1.68 bits per heavy atom. The summed E-state index contributed by atoms with van der Waals surface area (Å²) in [5, 5.41) is 22.9. The standard InChI is InChI=1S/C20H22N2O4S.C2H3F3.CH3N/c1-2-18(22-16-4-3-5-17(11-10-16)27(21)26)14-6-8-15(9-7-14)19(23)12-13-20(24)25;1-2(3,4)5;1-2/h2,4-11,22H,3,12-13,21H2,1H3,(H,24,25);1H3;2H,1H2/b18-2-;;. The molecule has 1 unspecified atom stereocenters. The van der Waals surface area contributed by atoms with Crippen LogP contribution in [-0.4, -0.2) is 34.0 Å². The van der Waals surface area contributed by atoms with E-state index in [9.17, 15) is 27.0 Å². The van der Waals surface area contributed by atoms with Crippen molar-refractivity contribution in [2.24, 2.45) is 5.14 Å². The molecule has 0 amide bonds. The van der Waals surface area contributed by atoms with Gasteiger partial charge in [0.15, 0.2) is 5.78 Å². The number of benzene rings is 1. The molecular weight excluding hydrogens is 471 g/mol. The summed E-state index contributed by atoms with van der Waals surface area (Å²) in [7, 11) is -1.51. The van der Waals surface area contributed by atoms with Gasteiger partial charge < -0.3 is 15.8 Å². The molecule has 0 radical (unpaired) electrons. The van der Waals surface area contributed by atoms with Crippen molar-refractivity contribution in [3.8, 4) is 0 Å². The van der Waals surface area contributed by atoms with Crippen molar-refractivity contribution in [1.82, 2.24) is 5.32 Å². The zero-order valence-electron chi connectivity index (χ0n) is 18.8. The zero-order chi connectivity index (χ0) is 26.3. The van der Waals surface area contributed by atoms with Crippen LogP contribution >= 0.6 is 0 Å². The lowest BCUT2D eigenvalue weighted by molar-refractivity contribution is -0.137. The number of halogens is 3. The minimum Gasteiger partial charge on any atom is -0.481 e. The second kappa shape index (κ2) is 15.5. The monoisotopic (exact) mass is 499 g/mol. The van der Waals surface area contributed by atoms with Crippen LogP contribution in [0.15, 0.2) is 65.2 Å². The van der Waals surface area contributed by atoms with Crippen molar-refractivity contribution < 1.29 is 32.1 Å². The Morgan fingerprint density at radius 1 is 1.15 bits per heavy atom. The minimum atomic E-state index is -4.00. The van der Waals surface area contributed by atoms with E-state index in [1.807, 2.05) is 43.4 Å². The van der Waals surface area contributed by atoms with Crippen LogP contribution in [0.4, 0.5) is 13.2 Å². The third-order valence-electron chi connectivity index (χ3n) is 3.97. The fraction of sp³-hybridized carbons (Fsp3) is 0.261. The number of carbonyl (C=O) groups is 2. The van der Waals surface area contributed by atoms with Gasteiger partial charge in [0.2, 0.25) is 0 Å². The molecule has 0 fully saturated rings. The van der Waals surface area contributed by atoms with E-state index in [4.69, 9.17) is 15.7 Å². The maximum Gasteiger partial charge on any atom is 0.386 e. The third-order valence-corrected chi connectivity index (χ3v) is 4.74. The van der Waals surface area contributed by atoms with Gasteiger partial charge in [-0.05, 0) is 37.8 Å². The molecule has 1 aliphatic rings. The number of allylic oxidation sites excluding steroid dienone is 5. The van der Waals surface area contributed by atoms with Gasteiger partial charge in [-0.2, -0.15) is 13.2 Å². The van der Waals surface area contributed by atoms with E-state index in [1.165, 1.54) is 0 Å². The maximum absolute atomic E-state index is 12.0. The average molecular weight is 500 g/mol. The summed E-state index contributed by atoms with van der Waals surface area (Å²) >= 11 is 0. The number of nitrogens with one attached hydrogen (secondary N) is 2. The molecule has 186 valence electrons. The molecule has 11 heteroatoms. The van der Waals surface area contributed by atoms with Gasteiger partial charge in [0.1, 0.15) is 11.0 Å². The highest BCUT2D eigenvalue weighted by Crippen LogP contribution is 2.18. The molecule has 2 rings (SSSR count). The Balaban J connectivity index is 0.00000138. The summed E-state index contributed by atoms with van der Waals surface area (Å²) in [5.41, 5.74) is 3.08. The fourth-order valence-corrected chi connectivity index (χ4v) is 2.98. The SMILES string of the molecule is C/C=C(\NC1=CCC=C(S(N)=O)C=C1)c1ccc(C(=O)CCC(=O)O)cc1.C=N.CC(F)(F)F. The molecule has 0 aliphatic heterocycles. The second-order valence-electron chi connectivity index (χ2n) is 6.64. The molecule has 1 aromatic carbocycles. The van der Waals surface area contributed by atoms with Gasteiger partial charge in [0.05, 0.1) is 11.3 Å². The number of carbonyl (C=O) groups excluding carboxylic acids is 1. The van der Waals surface area contributed by atoms with E-state index in [0.717, 1.165) is 17.0 Å². The van der Waals surface area contributed by atoms with Crippen molar-refractivity contribution >= 4 is 35.2 Å². The largest absolute Gasteiger partial charge is 0.481 e. The summed E-state index contributed by atoms with van der Waals surface area (Å²) in [5.74, 6) is -1.18. The van der Waals surface area contributed by atoms with E-state index in [1.54, 1.807) is 18.2 Å². The van der Waals surface area contributed by atoms with E-state index in [-0.39, 0.29) is 25.5 Å². The lowest BCUT2D eigenvalue weighted by atomic mass is 10.0. The normalized spacial score (nSPS) is 14.1. The smallest absolute Gasteiger partial charge is 0.386 e. The molecular formula is C23H28F3N3O4S.